The molecule has 0 radical (unpaired) electrons. The molecule has 0 atom stereocenters. The van der Waals surface area contributed by atoms with E-state index < -0.39 is 15.6 Å². The van der Waals surface area contributed by atoms with Crippen molar-refractivity contribution in [3.05, 3.63) is 23.8 Å². The summed E-state index contributed by atoms with van der Waals surface area (Å²) in [4.78, 5) is 0.405. The van der Waals surface area contributed by atoms with E-state index in [0.717, 1.165) is 30.6 Å². The van der Waals surface area contributed by atoms with Gasteiger partial charge in [-0.05, 0) is 51.3 Å². The molecule has 0 fully saturated rings. The predicted molar refractivity (Wildman–Crippen MR) is 73.3 cm³/mol. The Balaban J connectivity index is 2.45. The fraction of sp³-hybridized carbons (Fsp3) is 0.538. The molecule has 5 heteroatoms. The third-order valence-electron chi connectivity index (χ3n) is 2.78. The van der Waals surface area contributed by atoms with E-state index >= 15 is 0 Å². The summed E-state index contributed by atoms with van der Waals surface area (Å²) in [5.74, 6) is 0. The number of benzene rings is 1. The molecule has 18 heavy (non-hydrogen) atoms. The molecule has 100 valence electrons. The smallest absolute Gasteiger partial charge is 0.241 e. The third kappa shape index (κ3) is 2.84. The largest absolute Gasteiger partial charge is 0.385 e. The predicted octanol–water partition coefficient (Wildman–Crippen LogP) is 2.12. The van der Waals surface area contributed by atoms with Gasteiger partial charge in [-0.1, -0.05) is 6.07 Å². The monoisotopic (exact) mass is 268 g/mol. The molecule has 0 aliphatic carbocycles. The standard InChI is InChI=1S/C13H20N2O2S/c1-13(2,3)15-18(16,17)12-8-4-7-11-10(12)6-5-9-14-11/h4,7-8,14-15H,5-6,9H2,1-3H3. The van der Waals surface area contributed by atoms with Crippen LogP contribution in [0.15, 0.2) is 23.1 Å². The third-order valence-corrected chi connectivity index (χ3v) is 4.62. The maximum Gasteiger partial charge on any atom is 0.241 e. The Morgan fingerprint density at radius 3 is 2.67 bits per heavy atom. The van der Waals surface area contributed by atoms with Crippen LogP contribution in [0.5, 0.6) is 0 Å². The van der Waals surface area contributed by atoms with Crippen LogP contribution in [-0.2, 0) is 16.4 Å². The van der Waals surface area contributed by atoms with Gasteiger partial charge in [0.05, 0.1) is 4.90 Å². The highest BCUT2D eigenvalue weighted by atomic mass is 32.2. The van der Waals surface area contributed by atoms with E-state index in [-0.39, 0.29) is 0 Å². The molecule has 2 N–H and O–H groups in total. The Kier molecular flexibility index (Phi) is 3.38. The summed E-state index contributed by atoms with van der Waals surface area (Å²) in [5.41, 5.74) is 1.38. The lowest BCUT2D eigenvalue weighted by Crippen LogP contribution is -2.41. The average Bonchev–Trinajstić information content (AvgIpc) is 2.25. The van der Waals surface area contributed by atoms with E-state index in [1.807, 2.05) is 26.8 Å². The molecule has 0 aromatic heterocycles. The second kappa shape index (κ2) is 4.55. The van der Waals surface area contributed by atoms with E-state index in [1.54, 1.807) is 12.1 Å². The molecule has 2 rings (SSSR count). The molecule has 0 amide bonds. The first-order valence-corrected chi connectivity index (χ1v) is 7.68. The van der Waals surface area contributed by atoms with Gasteiger partial charge >= 0.3 is 0 Å². The van der Waals surface area contributed by atoms with E-state index in [9.17, 15) is 8.42 Å². The van der Waals surface area contributed by atoms with Gasteiger partial charge in [-0.15, -0.1) is 0 Å². The number of nitrogens with one attached hydrogen (secondary N) is 2. The summed E-state index contributed by atoms with van der Waals surface area (Å²) >= 11 is 0. The lowest BCUT2D eigenvalue weighted by Gasteiger charge is -2.24. The first-order chi connectivity index (χ1) is 8.30. The zero-order valence-electron chi connectivity index (χ0n) is 11.1. The van der Waals surface area contributed by atoms with Crippen LogP contribution in [0, 0.1) is 0 Å². The van der Waals surface area contributed by atoms with Crippen molar-refractivity contribution in [1.82, 2.24) is 4.72 Å². The summed E-state index contributed by atoms with van der Waals surface area (Å²) in [7, 11) is -3.45. The molecule has 1 aliphatic heterocycles. The number of anilines is 1. The maximum absolute atomic E-state index is 12.4. The molecular formula is C13H20N2O2S. The number of hydrogen-bond donors (Lipinski definition) is 2. The second-order valence-electron chi connectivity index (χ2n) is 5.67. The van der Waals surface area contributed by atoms with Gasteiger partial charge in [0.15, 0.2) is 0 Å². The van der Waals surface area contributed by atoms with E-state index in [2.05, 4.69) is 10.0 Å². The molecule has 0 saturated carbocycles. The van der Waals surface area contributed by atoms with Gasteiger partial charge in [-0.2, -0.15) is 0 Å². The Labute approximate surface area is 109 Å². The van der Waals surface area contributed by atoms with Gasteiger partial charge in [-0.3, -0.25) is 0 Å². The first kappa shape index (κ1) is 13.4. The number of sulfonamides is 1. The maximum atomic E-state index is 12.4. The van der Waals surface area contributed by atoms with Gasteiger partial charge in [0.25, 0.3) is 0 Å². The Morgan fingerprint density at radius 2 is 2.00 bits per heavy atom. The zero-order valence-corrected chi connectivity index (χ0v) is 11.9. The number of rotatable bonds is 2. The van der Waals surface area contributed by atoms with Crippen molar-refractivity contribution < 1.29 is 8.42 Å². The Bertz CT molecular complexity index is 545. The van der Waals surface area contributed by atoms with Crippen molar-refractivity contribution in [3.8, 4) is 0 Å². The average molecular weight is 268 g/mol. The molecule has 0 saturated heterocycles. The van der Waals surface area contributed by atoms with E-state index in [4.69, 9.17) is 0 Å². The zero-order chi connectivity index (χ0) is 13.4. The van der Waals surface area contributed by atoms with Crippen molar-refractivity contribution in [2.45, 2.75) is 44.0 Å². The second-order valence-corrected chi connectivity index (χ2v) is 7.32. The lowest BCUT2D eigenvalue weighted by atomic mass is 10.0. The fourth-order valence-electron chi connectivity index (χ4n) is 2.19. The van der Waals surface area contributed by atoms with Gasteiger partial charge in [0, 0.05) is 17.8 Å². The van der Waals surface area contributed by atoms with Gasteiger partial charge in [-0.25, -0.2) is 13.1 Å². The summed E-state index contributed by atoms with van der Waals surface area (Å²) in [5, 5.41) is 3.25. The summed E-state index contributed by atoms with van der Waals surface area (Å²) < 4.78 is 27.5. The highest BCUT2D eigenvalue weighted by molar-refractivity contribution is 7.89. The normalized spacial score (nSPS) is 15.9. The van der Waals surface area contributed by atoms with Crippen molar-refractivity contribution in [1.29, 1.82) is 0 Å². The first-order valence-electron chi connectivity index (χ1n) is 6.19. The Morgan fingerprint density at radius 1 is 1.28 bits per heavy atom. The molecule has 0 spiro atoms. The SMILES string of the molecule is CC(C)(C)NS(=O)(=O)c1cccc2c1CCCN2. The van der Waals surface area contributed by atoms with Crippen LogP contribution in [0.25, 0.3) is 0 Å². The van der Waals surface area contributed by atoms with Crippen LogP contribution in [-0.4, -0.2) is 20.5 Å². The van der Waals surface area contributed by atoms with Gasteiger partial charge in [0.2, 0.25) is 10.0 Å². The molecular weight excluding hydrogens is 248 g/mol. The fourth-order valence-corrected chi connectivity index (χ4v) is 3.90. The molecule has 1 heterocycles. The highest BCUT2D eigenvalue weighted by Gasteiger charge is 2.26. The van der Waals surface area contributed by atoms with Crippen LogP contribution in [0.2, 0.25) is 0 Å². The van der Waals surface area contributed by atoms with Gasteiger partial charge in [0.1, 0.15) is 0 Å². The summed E-state index contributed by atoms with van der Waals surface area (Å²) in [6.07, 6.45) is 1.78. The summed E-state index contributed by atoms with van der Waals surface area (Å²) in [6, 6.07) is 5.40. The van der Waals surface area contributed by atoms with E-state index in [1.165, 1.54) is 0 Å². The van der Waals surface area contributed by atoms with Crippen LogP contribution in [0.1, 0.15) is 32.8 Å². The van der Waals surface area contributed by atoms with Gasteiger partial charge < -0.3 is 5.32 Å². The van der Waals surface area contributed by atoms with Crippen molar-refractivity contribution in [2.24, 2.45) is 0 Å². The van der Waals surface area contributed by atoms with Crippen LogP contribution in [0.3, 0.4) is 0 Å². The Hall–Kier alpha value is -1.07. The molecule has 0 unspecified atom stereocenters. The molecule has 0 bridgehead atoms. The topological polar surface area (TPSA) is 58.2 Å². The molecule has 1 aliphatic rings. The van der Waals surface area contributed by atoms with Crippen LogP contribution >= 0.6 is 0 Å². The quantitative estimate of drug-likeness (QED) is 0.864. The van der Waals surface area contributed by atoms with Crippen molar-refractivity contribution in [3.63, 3.8) is 0 Å². The van der Waals surface area contributed by atoms with Crippen LogP contribution < -0.4 is 10.0 Å². The number of hydrogen-bond acceptors (Lipinski definition) is 3. The molecule has 1 aromatic carbocycles. The minimum atomic E-state index is -3.45. The summed E-state index contributed by atoms with van der Waals surface area (Å²) in [6.45, 7) is 6.44. The highest BCUT2D eigenvalue weighted by Crippen LogP contribution is 2.28. The van der Waals surface area contributed by atoms with E-state index in [0.29, 0.717) is 4.90 Å². The molecule has 4 nitrogen and oxygen atoms in total. The van der Waals surface area contributed by atoms with Crippen molar-refractivity contribution >= 4 is 15.7 Å². The minimum Gasteiger partial charge on any atom is -0.385 e. The van der Waals surface area contributed by atoms with Crippen LogP contribution in [0.4, 0.5) is 5.69 Å². The number of fused-ring (bicyclic) bond motifs is 1. The van der Waals surface area contributed by atoms with Crippen molar-refractivity contribution in [2.75, 3.05) is 11.9 Å². The lowest BCUT2D eigenvalue weighted by molar-refractivity contribution is 0.491. The minimum absolute atomic E-state index is 0.405. The molecule has 1 aromatic rings.